The smallest absolute Gasteiger partial charge is 0.387 e. The second kappa shape index (κ2) is 6.91. The van der Waals surface area contributed by atoms with Gasteiger partial charge in [-0.15, -0.1) is 0 Å². The average Bonchev–Trinajstić information content (AvgIpc) is 2.84. The molecule has 1 aromatic rings. The number of anilines is 1. The zero-order chi connectivity index (χ0) is 13.7. The molecule has 1 N–H and O–H groups in total. The van der Waals surface area contributed by atoms with Crippen molar-refractivity contribution in [2.45, 2.75) is 32.0 Å². The summed E-state index contributed by atoms with van der Waals surface area (Å²) in [6.45, 7) is -1.41. The minimum Gasteiger partial charge on any atom is -0.433 e. The molecular formula is C13H16ClF2NO2. The van der Waals surface area contributed by atoms with Gasteiger partial charge in [0, 0.05) is 24.2 Å². The first-order valence-electron chi connectivity index (χ1n) is 6.25. The van der Waals surface area contributed by atoms with Crippen molar-refractivity contribution in [1.29, 1.82) is 0 Å². The van der Waals surface area contributed by atoms with Gasteiger partial charge in [0.15, 0.2) is 5.75 Å². The molecule has 1 aliphatic heterocycles. The minimum atomic E-state index is -2.86. The fourth-order valence-electron chi connectivity index (χ4n) is 2.08. The van der Waals surface area contributed by atoms with Gasteiger partial charge in [0.25, 0.3) is 0 Å². The molecule has 0 amide bonds. The van der Waals surface area contributed by atoms with E-state index in [0.717, 1.165) is 25.9 Å². The molecule has 106 valence electrons. The number of halogens is 3. The molecule has 1 saturated heterocycles. The summed E-state index contributed by atoms with van der Waals surface area (Å²) in [5.74, 6) is 0.0647. The lowest BCUT2D eigenvalue weighted by molar-refractivity contribution is -0.0493. The molecule has 1 aromatic carbocycles. The first-order valence-corrected chi connectivity index (χ1v) is 6.63. The molecule has 2 rings (SSSR count). The predicted octanol–water partition coefficient (Wildman–Crippen LogP) is 3.92. The molecule has 6 heteroatoms. The van der Waals surface area contributed by atoms with Crippen LogP contribution in [0.4, 0.5) is 14.5 Å². The van der Waals surface area contributed by atoms with Gasteiger partial charge in [-0.1, -0.05) is 11.6 Å². The Bertz CT molecular complexity index is 412. The van der Waals surface area contributed by atoms with Gasteiger partial charge in [-0.05, 0) is 31.4 Å². The lowest BCUT2D eigenvalue weighted by Crippen LogP contribution is -2.13. The highest BCUT2D eigenvalue weighted by molar-refractivity contribution is 6.30. The van der Waals surface area contributed by atoms with Gasteiger partial charge in [-0.2, -0.15) is 8.78 Å². The number of nitrogens with one attached hydrogen (secondary N) is 1. The van der Waals surface area contributed by atoms with Crippen molar-refractivity contribution in [2.75, 3.05) is 18.5 Å². The lowest BCUT2D eigenvalue weighted by Gasteiger charge is -2.14. The Morgan fingerprint density at radius 3 is 3.00 bits per heavy atom. The van der Waals surface area contributed by atoms with Crippen molar-refractivity contribution in [3.8, 4) is 5.75 Å². The van der Waals surface area contributed by atoms with Gasteiger partial charge >= 0.3 is 6.61 Å². The summed E-state index contributed by atoms with van der Waals surface area (Å²) < 4.78 is 34.5. The average molecular weight is 292 g/mol. The van der Waals surface area contributed by atoms with Crippen molar-refractivity contribution in [2.24, 2.45) is 0 Å². The highest BCUT2D eigenvalue weighted by Gasteiger charge is 2.15. The van der Waals surface area contributed by atoms with Crippen LogP contribution >= 0.6 is 11.6 Å². The second-order valence-electron chi connectivity index (χ2n) is 4.37. The third-order valence-electron chi connectivity index (χ3n) is 2.97. The Morgan fingerprint density at radius 1 is 1.47 bits per heavy atom. The maximum Gasteiger partial charge on any atom is 0.387 e. The van der Waals surface area contributed by atoms with Gasteiger partial charge in [0.2, 0.25) is 0 Å². The quantitative estimate of drug-likeness (QED) is 0.861. The number of hydrogen-bond donors (Lipinski definition) is 1. The van der Waals surface area contributed by atoms with Gasteiger partial charge in [-0.25, -0.2) is 0 Å². The van der Waals surface area contributed by atoms with E-state index in [1.807, 2.05) is 0 Å². The van der Waals surface area contributed by atoms with Crippen molar-refractivity contribution < 1.29 is 18.3 Å². The van der Waals surface area contributed by atoms with E-state index in [4.69, 9.17) is 16.3 Å². The number of benzene rings is 1. The van der Waals surface area contributed by atoms with Crippen LogP contribution in [0.1, 0.15) is 19.3 Å². The van der Waals surface area contributed by atoms with E-state index < -0.39 is 6.61 Å². The fourth-order valence-corrected chi connectivity index (χ4v) is 2.24. The molecule has 0 aliphatic carbocycles. The van der Waals surface area contributed by atoms with E-state index >= 15 is 0 Å². The van der Waals surface area contributed by atoms with Crippen LogP contribution in [-0.2, 0) is 4.74 Å². The van der Waals surface area contributed by atoms with Gasteiger partial charge in [0.1, 0.15) is 0 Å². The van der Waals surface area contributed by atoms with E-state index in [2.05, 4.69) is 10.1 Å². The van der Waals surface area contributed by atoms with Gasteiger partial charge in [-0.3, -0.25) is 0 Å². The maximum absolute atomic E-state index is 12.3. The molecule has 3 nitrogen and oxygen atoms in total. The molecule has 0 aromatic heterocycles. The van der Waals surface area contributed by atoms with E-state index in [1.54, 1.807) is 12.1 Å². The minimum absolute atomic E-state index is 0.0647. The molecule has 1 unspecified atom stereocenters. The Balaban J connectivity index is 1.90. The van der Waals surface area contributed by atoms with E-state index in [1.165, 1.54) is 6.07 Å². The predicted molar refractivity (Wildman–Crippen MR) is 70.2 cm³/mol. The second-order valence-corrected chi connectivity index (χ2v) is 4.81. The first kappa shape index (κ1) is 14.3. The van der Waals surface area contributed by atoms with Crippen LogP contribution in [0.25, 0.3) is 0 Å². The Kier molecular flexibility index (Phi) is 5.22. The summed E-state index contributed by atoms with van der Waals surface area (Å²) in [7, 11) is 0. The van der Waals surface area contributed by atoms with Crippen LogP contribution in [0.15, 0.2) is 18.2 Å². The van der Waals surface area contributed by atoms with Crippen molar-refractivity contribution in [3.05, 3.63) is 23.2 Å². The standard InChI is InChI=1S/C13H16ClF2NO2/c14-9-3-4-11(12(8-9)19-13(15)16)17-6-5-10-2-1-7-18-10/h3-4,8,10,13,17H,1-2,5-7H2. The van der Waals surface area contributed by atoms with Crippen LogP contribution in [0, 0.1) is 0 Å². The topological polar surface area (TPSA) is 30.5 Å². The molecule has 1 heterocycles. The highest BCUT2D eigenvalue weighted by Crippen LogP contribution is 2.29. The zero-order valence-corrected chi connectivity index (χ0v) is 11.1. The van der Waals surface area contributed by atoms with Crippen molar-refractivity contribution in [1.82, 2.24) is 0 Å². The summed E-state index contributed by atoms with van der Waals surface area (Å²) in [6.07, 6.45) is 3.25. The normalized spacial score (nSPS) is 18.8. The van der Waals surface area contributed by atoms with Crippen LogP contribution in [0.2, 0.25) is 5.02 Å². The summed E-state index contributed by atoms with van der Waals surface area (Å²) >= 11 is 5.77. The number of hydrogen-bond acceptors (Lipinski definition) is 3. The molecular weight excluding hydrogens is 276 g/mol. The molecule has 19 heavy (non-hydrogen) atoms. The summed E-state index contributed by atoms with van der Waals surface area (Å²) in [6, 6.07) is 4.64. The zero-order valence-electron chi connectivity index (χ0n) is 10.4. The number of rotatable bonds is 6. The number of ether oxygens (including phenoxy) is 2. The molecule has 0 bridgehead atoms. The highest BCUT2D eigenvalue weighted by atomic mass is 35.5. The Hall–Kier alpha value is -1.07. The van der Waals surface area contributed by atoms with E-state index in [9.17, 15) is 8.78 Å². The van der Waals surface area contributed by atoms with Crippen LogP contribution < -0.4 is 10.1 Å². The third-order valence-corrected chi connectivity index (χ3v) is 3.20. The molecule has 0 spiro atoms. The molecule has 0 saturated carbocycles. The largest absolute Gasteiger partial charge is 0.433 e. The van der Waals surface area contributed by atoms with Crippen LogP contribution in [-0.4, -0.2) is 25.9 Å². The van der Waals surface area contributed by atoms with Gasteiger partial charge < -0.3 is 14.8 Å². The van der Waals surface area contributed by atoms with Crippen LogP contribution in [0.3, 0.4) is 0 Å². The fraction of sp³-hybridized carbons (Fsp3) is 0.538. The number of alkyl halides is 2. The summed E-state index contributed by atoms with van der Waals surface area (Å²) in [5, 5.41) is 3.44. The molecule has 0 radical (unpaired) electrons. The molecule has 1 aliphatic rings. The van der Waals surface area contributed by atoms with Gasteiger partial charge in [0.05, 0.1) is 11.8 Å². The van der Waals surface area contributed by atoms with E-state index in [0.29, 0.717) is 17.3 Å². The monoisotopic (exact) mass is 291 g/mol. The molecule has 1 fully saturated rings. The summed E-state index contributed by atoms with van der Waals surface area (Å²) in [4.78, 5) is 0. The van der Waals surface area contributed by atoms with E-state index in [-0.39, 0.29) is 11.9 Å². The molecule has 1 atom stereocenters. The van der Waals surface area contributed by atoms with Crippen molar-refractivity contribution in [3.63, 3.8) is 0 Å². The maximum atomic E-state index is 12.3. The van der Waals surface area contributed by atoms with Crippen molar-refractivity contribution >= 4 is 17.3 Å². The third kappa shape index (κ3) is 4.51. The van der Waals surface area contributed by atoms with Crippen LogP contribution in [0.5, 0.6) is 5.75 Å². The lowest BCUT2D eigenvalue weighted by atomic mass is 10.2. The first-order chi connectivity index (χ1) is 9.15. The SMILES string of the molecule is FC(F)Oc1cc(Cl)ccc1NCCC1CCCO1. The summed E-state index contributed by atoms with van der Waals surface area (Å²) in [5.41, 5.74) is 0.516. The Morgan fingerprint density at radius 2 is 2.32 bits per heavy atom. The Labute approximate surface area is 115 Å².